The molecule has 0 aromatic rings. The second kappa shape index (κ2) is 6.03. The number of amides is 1. The van der Waals surface area contributed by atoms with Crippen LogP contribution in [0.1, 0.15) is 59.8 Å². The fraction of sp³-hybridized carbons (Fsp3) is 0.846. The zero-order valence-corrected chi connectivity index (χ0v) is 11.4. The van der Waals surface area contributed by atoms with Crippen molar-refractivity contribution in [2.45, 2.75) is 65.4 Å². The van der Waals surface area contributed by atoms with Gasteiger partial charge in [-0.05, 0) is 52.4 Å². The normalized spacial score (nSPS) is 20.9. The molecule has 0 atom stereocenters. The van der Waals surface area contributed by atoms with E-state index >= 15 is 0 Å². The van der Waals surface area contributed by atoms with Crippen LogP contribution in [0, 0.1) is 5.92 Å². The summed E-state index contributed by atoms with van der Waals surface area (Å²) in [6, 6.07) is 0. The van der Waals surface area contributed by atoms with Crippen molar-refractivity contribution in [3.63, 3.8) is 0 Å². The van der Waals surface area contributed by atoms with Crippen molar-refractivity contribution in [3.05, 3.63) is 0 Å². The van der Waals surface area contributed by atoms with Gasteiger partial charge < -0.3 is 4.74 Å². The van der Waals surface area contributed by atoms with Crippen LogP contribution in [-0.4, -0.2) is 17.4 Å². The molecule has 17 heavy (non-hydrogen) atoms. The first kappa shape index (κ1) is 14.0. The number of hydrogen-bond donors (Lipinski definition) is 1. The van der Waals surface area contributed by atoms with Crippen LogP contribution in [0.3, 0.4) is 0 Å². The van der Waals surface area contributed by atoms with E-state index in [1.54, 1.807) is 0 Å². The second-order valence-electron chi connectivity index (χ2n) is 5.64. The van der Waals surface area contributed by atoms with E-state index in [2.05, 4.69) is 17.5 Å². The third-order valence-corrected chi connectivity index (χ3v) is 2.96. The topological polar surface area (TPSA) is 50.7 Å². The summed E-state index contributed by atoms with van der Waals surface area (Å²) in [5.74, 6) is 0.829. The molecule has 0 bridgehead atoms. The minimum absolute atomic E-state index is 0.468. The van der Waals surface area contributed by atoms with Crippen LogP contribution in [0.25, 0.3) is 0 Å². The molecule has 4 heteroatoms. The van der Waals surface area contributed by atoms with Gasteiger partial charge in [-0.3, -0.25) is 0 Å². The van der Waals surface area contributed by atoms with Crippen molar-refractivity contribution in [2.75, 3.05) is 0 Å². The molecule has 0 radical (unpaired) electrons. The lowest BCUT2D eigenvalue weighted by atomic mass is 9.86. The molecule has 0 aliphatic heterocycles. The van der Waals surface area contributed by atoms with Crippen LogP contribution in [0.4, 0.5) is 4.79 Å². The van der Waals surface area contributed by atoms with Crippen molar-refractivity contribution in [1.82, 2.24) is 5.43 Å². The predicted molar refractivity (Wildman–Crippen MR) is 69.1 cm³/mol. The van der Waals surface area contributed by atoms with Crippen molar-refractivity contribution < 1.29 is 9.53 Å². The molecular weight excluding hydrogens is 216 g/mol. The lowest BCUT2D eigenvalue weighted by Gasteiger charge is -2.22. The van der Waals surface area contributed by atoms with Gasteiger partial charge in [0.15, 0.2) is 0 Å². The number of carbonyl (C=O) groups is 1. The second-order valence-corrected chi connectivity index (χ2v) is 5.64. The van der Waals surface area contributed by atoms with Crippen LogP contribution < -0.4 is 5.43 Å². The highest BCUT2D eigenvalue weighted by atomic mass is 16.6. The van der Waals surface area contributed by atoms with Gasteiger partial charge in [0.05, 0.1) is 0 Å². The fourth-order valence-electron chi connectivity index (χ4n) is 1.96. The van der Waals surface area contributed by atoms with E-state index in [-0.39, 0.29) is 0 Å². The van der Waals surface area contributed by atoms with Crippen LogP contribution >= 0.6 is 0 Å². The highest BCUT2D eigenvalue weighted by Gasteiger charge is 2.18. The van der Waals surface area contributed by atoms with Crippen LogP contribution in [-0.2, 0) is 4.74 Å². The van der Waals surface area contributed by atoms with Crippen LogP contribution in [0.5, 0.6) is 0 Å². The van der Waals surface area contributed by atoms with E-state index in [1.807, 2.05) is 20.8 Å². The van der Waals surface area contributed by atoms with Gasteiger partial charge in [-0.2, -0.15) is 5.10 Å². The summed E-state index contributed by atoms with van der Waals surface area (Å²) in [5.41, 5.74) is 3.08. The Bertz CT molecular complexity index is 282. The molecule has 0 unspecified atom stereocenters. The van der Waals surface area contributed by atoms with Gasteiger partial charge in [0.25, 0.3) is 0 Å². The summed E-state index contributed by atoms with van der Waals surface area (Å²) in [6.07, 6.45) is 5.13. The van der Waals surface area contributed by atoms with E-state index in [0.29, 0.717) is 0 Å². The highest BCUT2D eigenvalue weighted by Crippen LogP contribution is 2.24. The van der Waals surface area contributed by atoms with Crippen molar-refractivity contribution in [1.29, 1.82) is 0 Å². The summed E-state index contributed by atoms with van der Waals surface area (Å²) in [7, 11) is 0. The van der Waals surface area contributed by atoms with Crippen molar-refractivity contribution >= 4 is 11.8 Å². The van der Waals surface area contributed by atoms with E-state index in [1.165, 1.54) is 19.3 Å². The molecule has 1 fully saturated rings. The van der Waals surface area contributed by atoms with E-state index < -0.39 is 11.7 Å². The Kier molecular flexibility index (Phi) is 4.97. The van der Waals surface area contributed by atoms with Gasteiger partial charge >= 0.3 is 6.09 Å². The summed E-state index contributed by atoms with van der Waals surface area (Å²) < 4.78 is 5.11. The lowest BCUT2D eigenvalue weighted by Crippen LogP contribution is -2.30. The van der Waals surface area contributed by atoms with Crippen molar-refractivity contribution in [2.24, 2.45) is 11.0 Å². The number of hydrazone groups is 1. The number of hydrogen-bond acceptors (Lipinski definition) is 3. The first-order valence-electron chi connectivity index (χ1n) is 6.45. The Hall–Kier alpha value is -1.06. The number of nitrogens with zero attached hydrogens (tertiary/aromatic N) is 1. The average Bonchev–Trinajstić information content (AvgIpc) is 2.25. The SMILES string of the molecule is CCC1CCC(=NNC(=O)OC(C)(C)C)CC1. The standard InChI is InChI=1S/C13H24N2O2/c1-5-10-6-8-11(9-7-10)14-15-12(16)17-13(2,3)4/h10H,5-9H2,1-4H3,(H,15,16). The number of nitrogens with one attached hydrogen (secondary N) is 1. The lowest BCUT2D eigenvalue weighted by molar-refractivity contribution is 0.0529. The van der Waals surface area contributed by atoms with E-state index in [0.717, 1.165) is 24.5 Å². The maximum absolute atomic E-state index is 11.4. The molecule has 98 valence electrons. The maximum atomic E-state index is 11.4. The Morgan fingerprint density at radius 2 is 2.00 bits per heavy atom. The minimum atomic E-state index is -0.470. The highest BCUT2D eigenvalue weighted by molar-refractivity contribution is 5.86. The molecule has 0 aromatic heterocycles. The van der Waals surface area contributed by atoms with Gasteiger partial charge in [-0.25, -0.2) is 10.2 Å². The summed E-state index contributed by atoms with van der Waals surface area (Å²) in [5, 5.41) is 4.13. The molecule has 1 N–H and O–H groups in total. The smallest absolute Gasteiger partial charge is 0.428 e. The zero-order chi connectivity index (χ0) is 12.9. The Morgan fingerprint density at radius 1 is 1.41 bits per heavy atom. The molecule has 1 aliphatic rings. The molecule has 0 saturated heterocycles. The molecule has 4 nitrogen and oxygen atoms in total. The van der Waals surface area contributed by atoms with Gasteiger partial charge in [0, 0.05) is 5.71 Å². The predicted octanol–water partition coefficient (Wildman–Crippen LogP) is 3.47. The van der Waals surface area contributed by atoms with Gasteiger partial charge in [-0.1, -0.05) is 13.3 Å². The average molecular weight is 240 g/mol. The van der Waals surface area contributed by atoms with Crippen LogP contribution in [0.15, 0.2) is 5.10 Å². The molecule has 1 rings (SSSR count). The van der Waals surface area contributed by atoms with Gasteiger partial charge in [0.1, 0.15) is 5.60 Å². The Balaban J connectivity index is 2.32. The van der Waals surface area contributed by atoms with Crippen LogP contribution in [0.2, 0.25) is 0 Å². The number of ether oxygens (including phenoxy) is 1. The fourth-order valence-corrected chi connectivity index (χ4v) is 1.96. The largest absolute Gasteiger partial charge is 0.443 e. The molecule has 1 saturated carbocycles. The summed E-state index contributed by atoms with van der Waals surface area (Å²) >= 11 is 0. The third kappa shape index (κ3) is 5.71. The molecular formula is C13H24N2O2. The Morgan fingerprint density at radius 3 is 2.47 bits per heavy atom. The van der Waals surface area contributed by atoms with E-state index in [4.69, 9.17) is 4.74 Å². The molecule has 1 amide bonds. The molecule has 0 aromatic carbocycles. The van der Waals surface area contributed by atoms with E-state index in [9.17, 15) is 4.79 Å². The Labute approximate surface area is 104 Å². The first-order valence-corrected chi connectivity index (χ1v) is 6.45. The monoisotopic (exact) mass is 240 g/mol. The van der Waals surface area contributed by atoms with Gasteiger partial charge in [-0.15, -0.1) is 0 Å². The van der Waals surface area contributed by atoms with Crippen molar-refractivity contribution in [3.8, 4) is 0 Å². The minimum Gasteiger partial charge on any atom is -0.443 e. The summed E-state index contributed by atoms with van der Waals surface area (Å²) in [4.78, 5) is 11.4. The third-order valence-electron chi connectivity index (χ3n) is 2.96. The quantitative estimate of drug-likeness (QED) is 0.751. The first-order chi connectivity index (χ1) is 7.90. The molecule has 1 aliphatic carbocycles. The summed E-state index contributed by atoms with van der Waals surface area (Å²) in [6.45, 7) is 7.75. The maximum Gasteiger partial charge on any atom is 0.428 e. The molecule has 0 spiro atoms. The number of rotatable bonds is 2. The number of carbonyl (C=O) groups excluding carboxylic acids is 1. The van der Waals surface area contributed by atoms with Gasteiger partial charge in [0.2, 0.25) is 0 Å². The zero-order valence-electron chi connectivity index (χ0n) is 11.4. The molecule has 0 heterocycles.